The molecule has 186 valence electrons. The third-order valence-corrected chi connectivity index (χ3v) is 7.46. The Morgan fingerprint density at radius 3 is 2.69 bits per heavy atom. The molecule has 4 aromatic rings. The first-order chi connectivity index (χ1) is 17.5. The number of pyridine rings is 1. The summed E-state index contributed by atoms with van der Waals surface area (Å²) in [6, 6.07) is 13.6. The number of nitrogens with zero attached hydrogens (tertiary/aromatic N) is 5. The first-order valence-electron chi connectivity index (χ1n) is 12.6. The molecule has 2 aromatic heterocycles. The second kappa shape index (κ2) is 8.65. The van der Waals surface area contributed by atoms with Gasteiger partial charge in [-0.05, 0) is 67.3 Å². The van der Waals surface area contributed by atoms with Gasteiger partial charge in [-0.2, -0.15) is 0 Å². The minimum Gasteiger partial charge on any atom is -0.486 e. The van der Waals surface area contributed by atoms with Gasteiger partial charge in [0.25, 0.3) is 5.56 Å². The number of rotatable bonds is 5. The van der Waals surface area contributed by atoms with Crippen LogP contribution in [0.4, 0.5) is 5.69 Å². The molecular formula is C27H30N6O3. The van der Waals surface area contributed by atoms with E-state index in [2.05, 4.69) is 64.4 Å². The molecule has 1 N–H and O–H groups in total. The number of anilines is 1. The molecule has 0 saturated heterocycles. The molecule has 0 aliphatic carbocycles. The largest absolute Gasteiger partial charge is 0.486 e. The SMILES string of the molecule is CCC(C)(C)n1nnnc1[C@H](c1cc2cc3c(cc2[nH]c1=O)OCCO3)N1CCCc2ccccc21. The number of hydrogen-bond acceptors (Lipinski definition) is 7. The van der Waals surface area contributed by atoms with Crippen LogP contribution in [-0.2, 0) is 12.0 Å². The number of aromatic nitrogens is 5. The van der Waals surface area contributed by atoms with E-state index in [9.17, 15) is 4.79 Å². The predicted molar refractivity (Wildman–Crippen MR) is 137 cm³/mol. The highest BCUT2D eigenvalue weighted by molar-refractivity contribution is 5.83. The standard InChI is InChI=1S/C27H30N6O3/c1-4-27(2,3)33-25(29-30-31-33)24(32-11-7-9-17-8-5-6-10-21(17)32)19-14-18-15-22-23(36-13-12-35-22)16-20(18)28-26(19)34/h5-6,8,10,14-16,24H,4,7,9,11-13H2,1-3H3,(H,28,34)/t24-/m0/s1. The van der Waals surface area contributed by atoms with E-state index in [1.807, 2.05) is 28.9 Å². The molecule has 9 heteroatoms. The van der Waals surface area contributed by atoms with E-state index in [1.165, 1.54) is 5.56 Å². The number of para-hydroxylation sites is 1. The van der Waals surface area contributed by atoms with E-state index in [4.69, 9.17) is 9.47 Å². The Labute approximate surface area is 209 Å². The molecule has 0 amide bonds. The Kier molecular flexibility index (Phi) is 5.43. The van der Waals surface area contributed by atoms with E-state index in [0.29, 0.717) is 41.6 Å². The Morgan fingerprint density at radius 2 is 1.89 bits per heavy atom. The second-order valence-electron chi connectivity index (χ2n) is 10.1. The zero-order valence-corrected chi connectivity index (χ0v) is 20.8. The minimum atomic E-state index is -0.464. The lowest BCUT2D eigenvalue weighted by molar-refractivity contribution is 0.172. The highest BCUT2D eigenvalue weighted by atomic mass is 16.6. The molecule has 1 atom stereocenters. The molecule has 2 aromatic carbocycles. The van der Waals surface area contributed by atoms with Gasteiger partial charge in [0.05, 0.1) is 11.1 Å². The van der Waals surface area contributed by atoms with E-state index < -0.39 is 6.04 Å². The highest BCUT2D eigenvalue weighted by Crippen LogP contribution is 2.39. The molecule has 0 radical (unpaired) electrons. The van der Waals surface area contributed by atoms with Gasteiger partial charge in [-0.1, -0.05) is 25.1 Å². The van der Waals surface area contributed by atoms with E-state index in [-0.39, 0.29) is 11.1 Å². The smallest absolute Gasteiger partial charge is 0.254 e. The van der Waals surface area contributed by atoms with Crippen LogP contribution in [0.15, 0.2) is 47.3 Å². The van der Waals surface area contributed by atoms with Crippen molar-refractivity contribution in [1.29, 1.82) is 0 Å². The fraction of sp³-hybridized carbons (Fsp3) is 0.407. The molecule has 0 fully saturated rings. The number of aromatic amines is 1. The molecule has 36 heavy (non-hydrogen) atoms. The molecule has 0 unspecified atom stereocenters. The van der Waals surface area contributed by atoms with Crippen molar-refractivity contribution in [3.8, 4) is 11.5 Å². The lowest BCUT2D eigenvalue weighted by Gasteiger charge is -2.38. The van der Waals surface area contributed by atoms with Gasteiger partial charge >= 0.3 is 0 Å². The monoisotopic (exact) mass is 486 g/mol. The van der Waals surface area contributed by atoms with Gasteiger partial charge in [0.1, 0.15) is 19.3 Å². The normalized spacial score (nSPS) is 16.1. The van der Waals surface area contributed by atoms with Crippen molar-refractivity contribution in [3.63, 3.8) is 0 Å². The molecular weight excluding hydrogens is 456 g/mol. The van der Waals surface area contributed by atoms with E-state index in [0.717, 1.165) is 36.9 Å². The van der Waals surface area contributed by atoms with Crippen molar-refractivity contribution >= 4 is 16.6 Å². The Balaban J connectivity index is 1.58. The van der Waals surface area contributed by atoms with Crippen molar-refractivity contribution < 1.29 is 9.47 Å². The van der Waals surface area contributed by atoms with Crippen LogP contribution < -0.4 is 19.9 Å². The van der Waals surface area contributed by atoms with Crippen molar-refractivity contribution in [2.45, 2.75) is 51.6 Å². The summed E-state index contributed by atoms with van der Waals surface area (Å²) in [5.74, 6) is 1.98. The highest BCUT2D eigenvalue weighted by Gasteiger charge is 2.36. The summed E-state index contributed by atoms with van der Waals surface area (Å²) in [6.45, 7) is 8.13. The van der Waals surface area contributed by atoms with Crippen LogP contribution >= 0.6 is 0 Å². The van der Waals surface area contributed by atoms with Gasteiger partial charge in [-0.15, -0.1) is 5.10 Å². The third kappa shape index (κ3) is 3.70. The van der Waals surface area contributed by atoms with Crippen LogP contribution in [-0.4, -0.2) is 44.9 Å². The maximum Gasteiger partial charge on any atom is 0.254 e. The van der Waals surface area contributed by atoms with Gasteiger partial charge < -0.3 is 19.4 Å². The van der Waals surface area contributed by atoms with Crippen LogP contribution in [0.3, 0.4) is 0 Å². The molecule has 0 spiro atoms. The maximum absolute atomic E-state index is 13.7. The average molecular weight is 487 g/mol. The third-order valence-electron chi connectivity index (χ3n) is 7.46. The van der Waals surface area contributed by atoms with E-state index in [1.54, 1.807) is 0 Å². The number of fused-ring (bicyclic) bond motifs is 3. The molecule has 0 bridgehead atoms. The van der Waals surface area contributed by atoms with Gasteiger partial charge in [0.15, 0.2) is 17.3 Å². The zero-order valence-electron chi connectivity index (χ0n) is 20.8. The lowest BCUT2D eigenvalue weighted by atomic mass is 9.95. The van der Waals surface area contributed by atoms with Gasteiger partial charge in [0, 0.05) is 29.2 Å². The molecule has 6 rings (SSSR count). The average Bonchev–Trinajstić information content (AvgIpc) is 3.39. The number of ether oxygens (including phenoxy) is 2. The first kappa shape index (κ1) is 22.6. The fourth-order valence-electron chi connectivity index (χ4n) is 5.19. The summed E-state index contributed by atoms with van der Waals surface area (Å²) in [6.07, 6.45) is 2.82. The first-order valence-corrected chi connectivity index (χ1v) is 12.6. The van der Waals surface area contributed by atoms with Gasteiger partial charge in [-0.25, -0.2) is 4.68 Å². The quantitative estimate of drug-likeness (QED) is 0.456. The minimum absolute atomic E-state index is 0.170. The molecule has 2 aliphatic heterocycles. The van der Waals surface area contributed by atoms with Crippen LogP contribution in [0.1, 0.15) is 56.6 Å². The van der Waals surface area contributed by atoms with Gasteiger partial charge in [0.2, 0.25) is 0 Å². The zero-order chi connectivity index (χ0) is 24.9. The number of nitrogens with one attached hydrogen (secondary N) is 1. The Bertz CT molecular complexity index is 1490. The molecule has 4 heterocycles. The van der Waals surface area contributed by atoms with Crippen LogP contribution in [0.25, 0.3) is 10.9 Å². The van der Waals surface area contributed by atoms with Crippen molar-refractivity contribution in [2.75, 3.05) is 24.7 Å². The molecule has 0 saturated carbocycles. The van der Waals surface area contributed by atoms with Crippen molar-refractivity contribution in [1.82, 2.24) is 25.2 Å². The molecule has 2 aliphatic rings. The van der Waals surface area contributed by atoms with Crippen LogP contribution in [0, 0.1) is 0 Å². The second-order valence-corrected chi connectivity index (χ2v) is 10.1. The number of H-pyrrole nitrogens is 1. The Morgan fingerprint density at radius 1 is 1.11 bits per heavy atom. The topological polar surface area (TPSA) is 98.2 Å². The summed E-state index contributed by atoms with van der Waals surface area (Å²) < 4.78 is 13.4. The lowest BCUT2D eigenvalue weighted by Crippen LogP contribution is -2.40. The van der Waals surface area contributed by atoms with Crippen LogP contribution in [0.5, 0.6) is 11.5 Å². The van der Waals surface area contributed by atoms with E-state index >= 15 is 0 Å². The van der Waals surface area contributed by atoms with Gasteiger partial charge in [-0.3, -0.25) is 4.79 Å². The summed E-state index contributed by atoms with van der Waals surface area (Å²) in [4.78, 5) is 19.1. The predicted octanol–water partition coefficient (Wildman–Crippen LogP) is 3.97. The maximum atomic E-state index is 13.7. The summed E-state index contributed by atoms with van der Waals surface area (Å²) in [5.41, 5.74) is 3.19. The van der Waals surface area contributed by atoms with Crippen LogP contribution in [0.2, 0.25) is 0 Å². The van der Waals surface area contributed by atoms with Crippen molar-refractivity contribution in [3.05, 3.63) is 69.8 Å². The molecule has 9 nitrogen and oxygen atoms in total. The summed E-state index contributed by atoms with van der Waals surface area (Å²) in [5, 5.41) is 13.8. The summed E-state index contributed by atoms with van der Waals surface area (Å²) >= 11 is 0. The number of aryl methyl sites for hydroxylation is 1. The number of benzene rings is 2. The summed E-state index contributed by atoms with van der Waals surface area (Å²) in [7, 11) is 0. The fourth-order valence-corrected chi connectivity index (χ4v) is 5.19. The Hall–Kier alpha value is -3.88. The number of tetrazole rings is 1. The van der Waals surface area contributed by atoms with Crippen molar-refractivity contribution in [2.24, 2.45) is 0 Å². The number of hydrogen-bond donors (Lipinski definition) is 1.